The van der Waals surface area contributed by atoms with Gasteiger partial charge in [0, 0.05) is 0 Å². The molecule has 0 N–H and O–H groups in total. The second-order valence-electron chi connectivity index (χ2n) is 4.08. The van der Waals surface area contributed by atoms with Crippen LogP contribution in [0.3, 0.4) is 0 Å². The smallest absolute Gasteiger partial charge is 0.0173 e. The minimum absolute atomic E-state index is 0.287. The largest absolute Gasteiger partial charge is 0.0991 e. The van der Waals surface area contributed by atoms with Crippen molar-refractivity contribution in [1.82, 2.24) is 0 Å². The summed E-state index contributed by atoms with van der Waals surface area (Å²) in [4.78, 5) is 0. The zero-order chi connectivity index (χ0) is 8.36. The third-order valence-electron chi connectivity index (χ3n) is 2.17. The minimum atomic E-state index is 0.287. The molecule has 0 aromatic rings. The lowest BCUT2D eigenvalue weighted by molar-refractivity contribution is 0.431. The summed E-state index contributed by atoms with van der Waals surface area (Å²) in [5.41, 5.74) is 1.66. The van der Waals surface area contributed by atoms with Crippen molar-refractivity contribution in [2.24, 2.45) is 11.3 Å². The fourth-order valence-corrected chi connectivity index (χ4v) is 0.986. The maximum absolute atomic E-state index is 4.10. The van der Waals surface area contributed by atoms with Gasteiger partial charge in [-0.05, 0) is 17.8 Å². The Morgan fingerprint density at radius 3 is 1.90 bits per heavy atom. The monoisotopic (exact) mass is 140 g/mol. The molecular weight excluding hydrogens is 120 g/mol. The average molecular weight is 140 g/mol. The highest BCUT2D eigenvalue weighted by Gasteiger charge is 2.18. The third-order valence-corrected chi connectivity index (χ3v) is 2.17. The first-order valence-corrected chi connectivity index (χ1v) is 4.08. The molecule has 1 unspecified atom stereocenters. The Hall–Kier alpha value is -0.260. The molecule has 10 heavy (non-hydrogen) atoms. The quantitative estimate of drug-likeness (QED) is 0.514. The Bertz CT molecular complexity index is 114. The van der Waals surface area contributed by atoms with Crippen LogP contribution in [0.5, 0.6) is 0 Å². The molecule has 0 aromatic heterocycles. The van der Waals surface area contributed by atoms with Crippen molar-refractivity contribution < 1.29 is 0 Å². The van der Waals surface area contributed by atoms with E-state index in [2.05, 4.69) is 41.2 Å². The fourth-order valence-electron chi connectivity index (χ4n) is 0.986. The van der Waals surface area contributed by atoms with E-state index in [0.717, 1.165) is 0 Å². The lowest BCUT2D eigenvalue weighted by Gasteiger charge is -2.26. The summed E-state index contributed by atoms with van der Waals surface area (Å²) >= 11 is 0. The van der Waals surface area contributed by atoms with Crippen LogP contribution in [-0.4, -0.2) is 0 Å². The second-order valence-corrected chi connectivity index (χ2v) is 4.08. The first-order valence-electron chi connectivity index (χ1n) is 4.08. The first-order chi connectivity index (χ1) is 4.39. The van der Waals surface area contributed by atoms with Crippen LogP contribution in [0.15, 0.2) is 12.2 Å². The van der Waals surface area contributed by atoms with Crippen molar-refractivity contribution in [2.45, 2.75) is 41.0 Å². The Labute approximate surface area is 65.3 Å². The number of allylic oxidation sites excluding steroid dienone is 1. The van der Waals surface area contributed by atoms with Crippen molar-refractivity contribution in [3.63, 3.8) is 0 Å². The maximum Gasteiger partial charge on any atom is -0.0173 e. The van der Waals surface area contributed by atoms with E-state index in [0.29, 0.717) is 5.92 Å². The van der Waals surface area contributed by atoms with E-state index >= 15 is 0 Å². The van der Waals surface area contributed by atoms with Gasteiger partial charge in [-0.15, -0.1) is 0 Å². The molecule has 0 aromatic carbocycles. The van der Waals surface area contributed by atoms with E-state index < -0.39 is 0 Å². The summed E-state index contributed by atoms with van der Waals surface area (Å²) in [6, 6.07) is 0. The molecular formula is C10H20. The van der Waals surface area contributed by atoms with Gasteiger partial charge in [0.05, 0.1) is 0 Å². The Morgan fingerprint density at radius 1 is 1.40 bits per heavy atom. The highest BCUT2D eigenvalue weighted by molar-refractivity contribution is 5.08. The zero-order valence-electron chi connectivity index (χ0n) is 7.99. The summed E-state index contributed by atoms with van der Waals surface area (Å²) in [5, 5.41) is 0. The molecule has 0 radical (unpaired) electrons. The molecule has 0 spiro atoms. The highest BCUT2D eigenvalue weighted by Crippen LogP contribution is 2.30. The molecule has 0 nitrogen and oxygen atoms in total. The van der Waals surface area contributed by atoms with Gasteiger partial charge >= 0.3 is 0 Å². The van der Waals surface area contributed by atoms with E-state index in [1.807, 2.05) is 0 Å². The molecule has 1 atom stereocenters. The topological polar surface area (TPSA) is 0 Å². The molecule has 0 aliphatic heterocycles. The van der Waals surface area contributed by atoms with Crippen molar-refractivity contribution >= 4 is 0 Å². The van der Waals surface area contributed by atoms with Crippen LogP contribution in [0.2, 0.25) is 0 Å². The van der Waals surface area contributed by atoms with Gasteiger partial charge in [0.15, 0.2) is 0 Å². The van der Waals surface area contributed by atoms with E-state index in [-0.39, 0.29) is 5.41 Å². The summed E-state index contributed by atoms with van der Waals surface area (Å²) in [6.45, 7) is 15.2. The van der Waals surface area contributed by atoms with Crippen molar-refractivity contribution in [2.75, 3.05) is 0 Å². The molecule has 0 fully saturated rings. The van der Waals surface area contributed by atoms with Crippen LogP contribution < -0.4 is 0 Å². The number of rotatable bonds is 2. The summed E-state index contributed by atoms with van der Waals surface area (Å²) < 4.78 is 0. The molecule has 0 heterocycles. The van der Waals surface area contributed by atoms with Crippen molar-refractivity contribution in [3.05, 3.63) is 12.2 Å². The summed E-state index contributed by atoms with van der Waals surface area (Å²) in [5.74, 6) is 0.667. The van der Waals surface area contributed by atoms with Gasteiger partial charge in [-0.25, -0.2) is 0 Å². The van der Waals surface area contributed by atoms with Gasteiger partial charge in [0.1, 0.15) is 0 Å². The summed E-state index contributed by atoms with van der Waals surface area (Å²) in [6.07, 6.45) is 1.20. The molecule has 0 bridgehead atoms. The SMILES string of the molecule is C=C(C(C)CC)C(C)(C)C. The standard InChI is InChI=1S/C10H20/c1-7-8(2)9(3)10(4,5)6/h8H,3,7H2,1-2,4-6H3. The van der Waals surface area contributed by atoms with Gasteiger partial charge in [0.25, 0.3) is 0 Å². The predicted octanol–water partition coefficient (Wildman–Crippen LogP) is 3.63. The normalized spacial score (nSPS) is 14.9. The Balaban J connectivity index is 4.09. The predicted molar refractivity (Wildman–Crippen MR) is 48.1 cm³/mol. The van der Waals surface area contributed by atoms with Crippen LogP contribution in [0.4, 0.5) is 0 Å². The fraction of sp³-hybridized carbons (Fsp3) is 0.800. The molecule has 0 heteroatoms. The maximum atomic E-state index is 4.10. The van der Waals surface area contributed by atoms with Crippen molar-refractivity contribution in [3.8, 4) is 0 Å². The van der Waals surface area contributed by atoms with Gasteiger partial charge in [-0.1, -0.05) is 46.8 Å². The van der Waals surface area contributed by atoms with Crippen molar-refractivity contribution in [1.29, 1.82) is 0 Å². The van der Waals surface area contributed by atoms with Crippen LogP contribution in [0.25, 0.3) is 0 Å². The highest BCUT2D eigenvalue weighted by atomic mass is 14.2. The molecule has 0 amide bonds. The molecule has 0 aliphatic carbocycles. The van der Waals surface area contributed by atoms with Gasteiger partial charge in [-0.2, -0.15) is 0 Å². The number of hydrogen-bond donors (Lipinski definition) is 0. The van der Waals surface area contributed by atoms with E-state index in [9.17, 15) is 0 Å². The van der Waals surface area contributed by atoms with Crippen LogP contribution in [0.1, 0.15) is 41.0 Å². The van der Waals surface area contributed by atoms with Gasteiger partial charge in [-0.3, -0.25) is 0 Å². The second kappa shape index (κ2) is 3.23. The molecule has 0 rings (SSSR count). The lowest BCUT2D eigenvalue weighted by Crippen LogP contribution is -2.14. The minimum Gasteiger partial charge on any atom is -0.0991 e. The van der Waals surface area contributed by atoms with Crippen LogP contribution in [-0.2, 0) is 0 Å². The third kappa shape index (κ3) is 2.55. The van der Waals surface area contributed by atoms with Gasteiger partial charge in [0.2, 0.25) is 0 Å². The molecule has 60 valence electrons. The Kier molecular flexibility index (Phi) is 3.14. The van der Waals surface area contributed by atoms with Crippen LogP contribution in [0, 0.1) is 11.3 Å². The first kappa shape index (κ1) is 9.74. The van der Waals surface area contributed by atoms with Crippen LogP contribution >= 0.6 is 0 Å². The van der Waals surface area contributed by atoms with Gasteiger partial charge < -0.3 is 0 Å². The molecule has 0 aliphatic rings. The van der Waals surface area contributed by atoms with E-state index in [1.54, 1.807) is 0 Å². The number of hydrogen-bond acceptors (Lipinski definition) is 0. The summed E-state index contributed by atoms with van der Waals surface area (Å²) in [7, 11) is 0. The van der Waals surface area contributed by atoms with E-state index in [4.69, 9.17) is 0 Å². The molecule has 0 saturated carbocycles. The molecule has 0 saturated heterocycles. The Morgan fingerprint density at radius 2 is 1.80 bits per heavy atom. The van der Waals surface area contributed by atoms with E-state index in [1.165, 1.54) is 12.0 Å². The lowest BCUT2D eigenvalue weighted by atomic mass is 9.80. The average Bonchev–Trinajstić information content (AvgIpc) is 1.83. The zero-order valence-corrected chi connectivity index (χ0v) is 7.99.